The first-order valence-electron chi connectivity index (χ1n) is 11.0. The van der Waals surface area contributed by atoms with Gasteiger partial charge in [0.15, 0.2) is 0 Å². The monoisotopic (exact) mass is 436 g/mol. The van der Waals surface area contributed by atoms with E-state index in [0.717, 1.165) is 31.5 Å². The molecular weight excluding hydrogens is 404 g/mol. The number of rotatable bonds is 5. The number of amides is 1. The third-order valence-corrected chi connectivity index (χ3v) is 6.75. The highest BCUT2D eigenvalue weighted by atomic mass is 35.5. The van der Waals surface area contributed by atoms with Gasteiger partial charge in [-0.2, -0.15) is 0 Å². The topological polar surface area (TPSA) is 23.6 Å². The molecule has 3 aromatic rings. The Kier molecular flexibility index (Phi) is 7.08. The molecule has 0 aromatic heterocycles. The fourth-order valence-electron chi connectivity index (χ4n) is 4.84. The molecular formula is C27H33ClN2O. The van der Waals surface area contributed by atoms with Gasteiger partial charge in [-0.25, -0.2) is 0 Å². The van der Waals surface area contributed by atoms with Crippen molar-refractivity contribution in [3.8, 4) is 0 Å². The number of hydrogen-bond acceptors (Lipinski definition) is 2. The van der Waals surface area contributed by atoms with Gasteiger partial charge < -0.3 is 4.90 Å². The fraction of sp³-hybridized carbons (Fsp3) is 0.370. The standard InChI is InChI=1S/C27H32N2O.ClH/c1-6-26(29-14-13-22-15-19(3)20(4)16-24(22)27(29)30)28(5)17-25-18(2)11-12-21-9-7-8-10-23(21)25;/h7-12,15-16,26H,6,13-14,17H2,1-5H3;1H. The lowest BCUT2D eigenvalue weighted by Gasteiger charge is -2.40. The normalized spacial score (nSPS) is 14.5. The average molecular weight is 437 g/mol. The summed E-state index contributed by atoms with van der Waals surface area (Å²) in [5.41, 5.74) is 7.20. The number of hydrogen-bond donors (Lipinski definition) is 0. The van der Waals surface area contributed by atoms with Crippen LogP contribution in [0.25, 0.3) is 10.8 Å². The van der Waals surface area contributed by atoms with Crippen LogP contribution in [0, 0.1) is 20.8 Å². The van der Waals surface area contributed by atoms with Gasteiger partial charge in [-0.05, 0) is 85.3 Å². The minimum atomic E-state index is 0. The molecule has 0 spiro atoms. The summed E-state index contributed by atoms with van der Waals surface area (Å²) in [7, 11) is 2.15. The van der Waals surface area contributed by atoms with Crippen LogP contribution in [0.5, 0.6) is 0 Å². The van der Waals surface area contributed by atoms with Gasteiger partial charge in [-0.15, -0.1) is 12.4 Å². The van der Waals surface area contributed by atoms with Crippen LogP contribution in [0.15, 0.2) is 48.5 Å². The molecule has 0 aliphatic carbocycles. The van der Waals surface area contributed by atoms with Crippen LogP contribution >= 0.6 is 12.4 Å². The quantitative estimate of drug-likeness (QED) is 0.485. The molecule has 4 rings (SSSR count). The molecule has 1 amide bonds. The Balaban J connectivity index is 0.00000272. The van der Waals surface area contributed by atoms with Gasteiger partial charge in [-0.3, -0.25) is 9.69 Å². The van der Waals surface area contributed by atoms with E-state index in [9.17, 15) is 4.79 Å². The highest BCUT2D eigenvalue weighted by Gasteiger charge is 2.31. The Labute approximate surface area is 192 Å². The summed E-state index contributed by atoms with van der Waals surface area (Å²) in [6.45, 7) is 10.2. The maximum Gasteiger partial charge on any atom is 0.255 e. The van der Waals surface area contributed by atoms with E-state index in [4.69, 9.17) is 0 Å². The maximum atomic E-state index is 13.4. The summed E-state index contributed by atoms with van der Waals surface area (Å²) < 4.78 is 0. The largest absolute Gasteiger partial charge is 0.323 e. The molecule has 0 fully saturated rings. The van der Waals surface area contributed by atoms with E-state index in [1.807, 2.05) is 0 Å². The number of carbonyl (C=O) groups is 1. The molecule has 0 N–H and O–H groups in total. The maximum absolute atomic E-state index is 13.4. The zero-order valence-corrected chi connectivity index (χ0v) is 20.1. The van der Waals surface area contributed by atoms with Crippen molar-refractivity contribution >= 4 is 29.1 Å². The predicted molar refractivity (Wildman–Crippen MR) is 132 cm³/mol. The molecule has 1 unspecified atom stereocenters. The molecule has 0 radical (unpaired) electrons. The highest BCUT2D eigenvalue weighted by molar-refractivity contribution is 5.97. The van der Waals surface area contributed by atoms with Crippen LogP contribution in [0.1, 0.15) is 51.5 Å². The number of fused-ring (bicyclic) bond motifs is 2. The molecule has 0 bridgehead atoms. The molecule has 164 valence electrons. The van der Waals surface area contributed by atoms with Gasteiger partial charge >= 0.3 is 0 Å². The summed E-state index contributed by atoms with van der Waals surface area (Å²) in [5.74, 6) is 0.174. The first kappa shape index (κ1) is 23.3. The van der Waals surface area contributed by atoms with Crippen molar-refractivity contribution in [2.75, 3.05) is 13.6 Å². The van der Waals surface area contributed by atoms with E-state index >= 15 is 0 Å². The second-order valence-electron chi connectivity index (χ2n) is 8.73. The molecule has 1 aliphatic rings. The van der Waals surface area contributed by atoms with E-state index in [1.165, 1.54) is 38.6 Å². The second kappa shape index (κ2) is 9.42. The summed E-state index contributed by atoms with van der Waals surface area (Å²) in [4.78, 5) is 17.8. The number of halogens is 1. The Morgan fingerprint density at radius 3 is 2.45 bits per heavy atom. The summed E-state index contributed by atoms with van der Waals surface area (Å²) in [5, 5.41) is 2.58. The van der Waals surface area contributed by atoms with Crippen LogP contribution in [-0.4, -0.2) is 35.5 Å². The lowest BCUT2D eigenvalue weighted by atomic mass is 9.93. The van der Waals surface area contributed by atoms with Crippen molar-refractivity contribution in [1.29, 1.82) is 0 Å². The molecule has 4 heteroatoms. The number of nitrogens with zero attached hydrogens (tertiary/aromatic N) is 2. The van der Waals surface area contributed by atoms with Gasteiger partial charge in [0.05, 0.1) is 6.17 Å². The minimum Gasteiger partial charge on any atom is -0.323 e. The molecule has 0 saturated carbocycles. The minimum absolute atomic E-state index is 0. The number of aryl methyl sites for hydroxylation is 3. The fourth-order valence-corrected chi connectivity index (χ4v) is 4.84. The van der Waals surface area contributed by atoms with E-state index in [0.29, 0.717) is 0 Å². The van der Waals surface area contributed by atoms with Crippen LogP contribution in [0.2, 0.25) is 0 Å². The molecule has 1 heterocycles. The van der Waals surface area contributed by atoms with Gasteiger partial charge in [-0.1, -0.05) is 49.4 Å². The lowest BCUT2D eigenvalue weighted by Crippen LogP contribution is -2.51. The third kappa shape index (κ3) is 4.35. The van der Waals surface area contributed by atoms with E-state index in [1.54, 1.807) is 0 Å². The van der Waals surface area contributed by atoms with Crippen molar-refractivity contribution in [3.05, 3.63) is 81.9 Å². The molecule has 1 atom stereocenters. The number of benzene rings is 3. The molecule has 31 heavy (non-hydrogen) atoms. The van der Waals surface area contributed by atoms with Crippen molar-refractivity contribution in [2.45, 2.75) is 53.2 Å². The second-order valence-corrected chi connectivity index (χ2v) is 8.73. The average Bonchev–Trinajstić information content (AvgIpc) is 2.74. The van der Waals surface area contributed by atoms with Crippen LogP contribution < -0.4 is 0 Å². The SMILES string of the molecule is CCC(N(C)Cc1c(C)ccc2ccccc12)N1CCc2cc(C)c(C)cc2C1=O.Cl. The van der Waals surface area contributed by atoms with Gasteiger partial charge in [0, 0.05) is 18.7 Å². The summed E-state index contributed by atoms with van der Waals surface area (Å²) >= 11 is 0. The first-order valence-corrected chi connectivity index (χ1v) is 11.0. The van der Waals surface area contributed by atoms with Crippen molar-refractivity contribution in [3.63, 3.8) is 0 Å². The zero-order valence-electron chi connectivity index (χ0n) is 19.2. The first-order chi connectivity index (χ1) is 14.4. The molecule has 1 aliphatic heterocycles. The zero-order chi connectivity index (χ0) is 21.4. The van der Waals surface area contributed by atoms with Crippen LogP contribution in [-0.2, 0) is 13.0 Å². The van der Waals surface area contributed by atoms with Crippen LogP contribution in [0.4, 0.5) is 0 Å². The lowest BCUT2D eigenvalue weighted by molar-refractivity contribution is 0.0332. The molecule has 3 nitrogen and oxygen atoms in total. The van der Waals surface area contributed by atoms with Crippen molar-refractivity contribution < 1.29 is 4.79 Å². The van der Waals surface area contributed by atoms with E-state index in [2.05, 4.69) is 93.1 Å². The van der Waals surface area contributed by atoms with Gasteiger partial charge in [0.1, 0.15) is 0 Å². The van der Waals surface area contributed by atoms with Gasteiger partial charge in [0.2, 0.25) is 0 Å². The smallest absolute Gasteiger partial charge is 0.255 e. The Morgan fingerprint density at radius 1 is 1.00 bits per heavy atom. The summed E-state index contributed by atoms with van der Waals surface area (Å²) in [6.07, 6.45) is 1.93. The van der Waals surface area contributed by atoms with Crippen molar-refractivity contribution in [1.82, 2.24) is 9.80 Å². The predicted octanol–water partition coefficient (Wildman–Crippen LogP) is 6.05. The van der Waals surface area contributed by atoms with Crippen molar-refractivity contribution in [2.24, 2.45) is 0 Å². The van der Waals surface area contributed by atoms with E-state index in [-0.39, 0.29) is 24.5 Å². The van der Waals surface area contributed by atoms with E-state index < -0.39 is 0 Å². The van der Waals surface area contributed by atoms with Crippen LogP contribution in [0.3, 0.4) is 0 Å². The third-order valence-electron chi connectivity index (χ3n) is 6.75. The van der Waals surface area contributed by atoms with Gasteiger partial charge in [0.25, 0.3) is 5.91 Å². The highest BCUT2D eigenvalue weighted by Crippen LogP contribution is 2.28. The Hall–Kier alpha value is -2.36. The summed E-state index contributed by atoms with van der Waals surface area (Å²) in [6, 6.07) is 17.3. The Morgan fingerprint density at radius 2 is 1.71 bits per heavy atom. The molecule has 3 aromatic carbocycles. The Bertz CT molecular complexity index is 1110. The molecule has 0 saturated heterocycles. The number of carbonyl (C=O) groups excluding carboxylic acids is 1.